The van der Waals surface area contributed by atoms with Gasteiger partial charge in [-0.05, 0) is 18.1 Å². The average Bonchev–Trinajstić information content (AvgIpc) is 2.72. The van der Waals surface area contributed by atoms with Crippen molar-refractivity contribution in [3.8, 4) is 0 Å². The summed E-state index contributed by atoms with van der Waals surface area (Å²) in [5, 5.41) is 25.2. The minimum atomic E-state index is -1.07. The van der Waals surface area contributed by atoms with Gasteiger partial charge in [-0.1, -0.05) is 29.5 Å². The number of aliphatic hydroxyl groups is 1. The molecule has 0 unspecified atom stereocenters. The second kappa shape index (κ2) is 4.97. The summed E-state index contributed by atoms with van der Waals surface area (Å²) in [5.41, 5.74) is 2.30. The molecule has 6 heteroatoms. The summed E-state index contributed by atoms with van der Waals surface area (Å²) in [4.78, 5) is 10.8. The Hall–Kier alpha value is -2.21. The van der Waals surface area contributed by atoms with E-state index in [4.69, 9.17) is 10.2 Å². The fraction of sp³-hybridized carbons (Fsp3) is 0.250. The van der Waals surface area contributed by atoms with Gasteiger partial charge in [0.05, 0.1) is 18.8 Å². The van der Waals surface area contributed by atoms with Crippen molar-refractivity contribution in [1.29, 1.82) is 0 Å². The lowest BCUT2D eigenvalue weighted by atomic mass is 10.1. The Morgan fingerprint density at radius 1 is 1.28 bits per heavy atom. The van der Waals surface area contributed by atoms with Crippen LogP contribution in [-0.2, 0) is 13.2 Å². The largest absolute Gasteiger partial charge is 0.476 e. The summed E-state index contributed by atoms with van der Waals surface area (Å²) >= 11 is 0. The van der Waals surface area contributed by atoms with Gasteiger partial charge in [0.2, 0.25) is 0 Å². The van der Waals surface area contributed by atoms with Gasteiger partial charge in [-0.2, -0.15) is 0 Å². The van der Waals surface area contributed by atoms with Crippen molar-refractivity contribution in [3.63, 3.8) is 0 Å². The molecule has 0 aliphatic rings. The standard InChI is InChI=1S/C12H13N3O3/c1-8-11(12(17)18)13-14-15(8)6-9-2-4-10(7-16)5-3-9/h2-5,16H,6-7H2,1H3,(H,17,18). The smallest absolute Gasteiger partial charge is 0.358 e. The van der Waals surface area contributed by atoms with E-state index < -0.39 is 5.97 Å². The van der Waals surface area contributed by atoms with Gasteiger partial charge in [0.25, 0.3) is 0 Å². The fourth-order valence-corrected chi connectivity index (χ4v) is 1.63. The topological polar surface area (TPSA) is 88.2 Å². The number of hydrogen-bond acceptors (Lipinski definition) is 4. The van der Waals surface area contributed by atoms with Crippen molar-refractivity contribution >= 4 is 5.97 Å². The highest BCUT2D eigenvalue weighted by molar-refractivity contribution is 5.86. The van der Waals surface area contributed by atoms with Crippen molar-refractivity contribution in [3.05, 3.63) is 46.8 Å². The summed E-state index contributed by atoms with van der Waals surface area (Å²) in [6.45, 7) is 2.13. The first-order valence-electron chi connectivity index (χ1n) is 5.44. The van der Waals surface area contributed by atoms with Crippen molar-refractivity contribution in [1.82, 2.24) is 15.0 Å². The molecule has 0 saturated carbocycles. The molecule has 18 heavy (non-hydrogen) atoms. The van der Waals surface area contributed by atoms with Crippen LogP contribution in [0.25, 0.3) is 0 Å². The third-order valence-corrected chi connectivity index (χ3v) is 2.72. The van der Waals surface area contributed by atoms with E-state index in [-0.39, 0.29) is 12.3 Å². The summed E-state index contributed by atoms with van der Waals surface area (Å²) < 4.78 is 1.54. The van der Waals surface area contributed by atoms with Gasteiger partial charge in [-0.3, -0.25) is 0 Å². The summed E-state index contributed by atoms with van der Waals surface area (Å²) in [5.74, 6) is -1.07. The van der Waals surface area contributed by atoms with Gasteiger partial charge in [-0.25, -0.2) is 9.48 Å². The summed E-state index contributed by atoms with van der Waals surface area (Å²) in [6, 6.07) is 7.37. The Morgan fingerprint density at radius 3 is 2.39 bits per heavy atom. The van der Waals surface area contributed by atoms with E-state index in [9.17, 15) is 4.79 Å². The summed E-state index contributed by atoms with van der Waals surface area (Å²) in [7, 11) is 0. The highest BCUT2D eigenvalue weighted by Crippen LogP contribution is 2.09. The molecule has 2 N–H and O–H groups in total. The molecule has 0 bridgehead atoms. The number of aromatic nitrogens is 3. The average molecular weight is 247 g/mol. The first kappa shape index (κ1) is 12.3. The number of aliphatic hydroxyl groups excluding tert-OH is 1. The molecule has 1 aromatic carbocycles. The van der Waals surface area contributed by atoms with Crippen LogP contribution >= 0.6 is 0 Å². The maximum absolute atomic E-state index is 10.8. The molecular weight excluding hydrogens is 234 g/mol. The van der Waals surface area contributed by atoms with Gasteiger partial charge in [-0.15, -0.1) is 5.10 Å². The molecule has 2 rings (SSSR count). The lowest BCUT2D eigenvalue weighted by molar-refractivity contribution is 0.0689. The van der Waals surface area contributed by atoms with Gasteiger partial charge >= 0.3 is 5.97 Å². The van der Waals surface area contributed by atoms with E-state index in [1.54, 1.807) is 6.92 Å². The van der Waals surface area contributed by atoms with Crippen LogP contribution in [0.5, 0.6) is 0 Å². The molecule has 1 heterocycles. The normalized spacial score (nSPS) is 10.6. The van der Waals surface area contributed by atoms with Crippen LogP contribution in [0.2, 0.25) is 0 Å². The maximum Gasteiger partial charge on any atom is 0.358 e. The molecule has 0 fully saturated rings. The van der Waals surface area contributed by atoms with E-state index in [2.05, 4.69) is 10.3 Å². The number of nitrogens with zero attached hydrogens (tertiary/aromatic N) is 3. The van der Waals surface area contributed by atoms with E-state index in [1.165, 1.54) is 4.68 Å². The van der Waals surface area contributed by atoms with E-state index in [1.807, 2.05) is 24.3 Å². The van der Waals surface area contributed by atoms with Crippen LogP contribution < -0.4 is 0 Å². The van der Waals surface area contributed by atoms with Crippen LogP contribution in [0.3, 0.4) is 0 Å². The lowest BCUT2D eigenvalue weighted by Crippen LogP contribution is -2.06. The quantitative estimate of drug-likeness (QED) is 0.835. The Bertz CT molecular complexity index is 560. The first-order valence-corrected chi connectivity index (χ1v) is 5.44. The van der Waals surface area contributed by atoms with Crippen LogP contribution in [0.15, 0.2) is 24.3 Å². The van der Waals surface area contributed by atoms with Gasteiger partial charge < -0.3 is 10.2 Å². The number of aromatic carboxylic acids is 1. The third kappa shape index (κ3) is 2.38. The highest BCUT2D eigenvalue weighted by atomic mass is 16.4. The number of hydrogen-bond donors (Lipinski definition) is 2. The Labute approximate surface area is 103 Å². The van der Waals surface area contributed by atoms with Gasteiger partial charge in [0, 0.05) is 0 Å². The monoisotopic (exact) mass is 247 g/mol. The van der Waals surface area contributed by atoms with Crippen LogP contribution in [0, 0.1) is 6.92 Å². The van der Waals surface area contributed by atoms with E-state index >= 15 is 0 Å². The zero-order valence-corrected chi connectivity index (χ0v) is 9.87. The molecule has 0 saturated heterocycles. The van der Waals surface area contributed by atoms with Crippen molar-refractivity contribution in [2.75, 3.05) is 0 Å². The molecule has 6 nitrogen and oxygen atoms in total. The first-order chi connectivity index (χ1) is 8.61. The van der Waals surface area contributed by atoms with Crippen molar-refractivity contribution in [2.24, 2.45) is 0 Å². The highest BCUT2D eigenvalue weighted by Gasteiger charge is 2.14. The number of carbonyl (C=O) groups is 1. The second-order valence-corrected chi connectivity index (χ2v) is 3.96. The van der Waals surface area contributed by atoms with Crippen LogP contribution in [0.4, 0.5) is 0 Å². The van der Waals surface area contributed by atoms with E-state index in [0.29, 0.717) is 12.2 Å². The predicted molar refractivity (Wildman–Crippen MR) is 63.2 cm³/mol. The molecule has 2 aromatic rings. The SMILES string of the molecule is Cc1c(C(=O)O)nnn1Cc1ccc(CO)cc1. The zero-order chi connectivity index (χ0) is 13.1. The Kier molecular flexibility index (Phi) is 3.38. The van der Waals surface area contributed by atoms with Gasteiger partial charge in [0.15, 0.2) is 5.69 Å². The second-order valence-electron chi connectivity index (χ2n) is 3.96. The minimum Gasteiger partial charge on any atom is -0.476 e. The lowest BCUT2D eigenvalue weighted by Gasteiger charge is -2.04. The fourth-order valence-electron chi connectivity index (χ4n) is 1.63. The molecular formula is C12H13N3O3. The molecule has 0 aliphatic heterocycles. The molecule has 0 amide bonds. The van der Waals surface area contributed by atoms with Gasteiger partial charge in [0.1, 0.15) is 0 Å². The number of rotatable bonds is 4. The van der Waals surface area contributed by atoms with Crippen molar-refractivity contribution in [2.45, 2.75) is 20.1 Å². The summed E-state index contributed by atoms with van der Waals surface area (Å²) in [6.07, 6.45) is 0. The molecule has 0 spiro atoms. The van der Waals surface area contributed by atoms with Crippen LogP contribution in [0.1, 0.15) is 27.3 Å². The minimum absolute atomic E-state index is 0.00575. The Balaban J connectivity index is 2.20. The molecule has 0 aliphatic carbocycles. The molecule has 1 aromatic heterocycles. The van der Waals surface area contributed by atoms with Crippen LogP contribution in [-0.4, -0.2) is 31.2 Å². The molecule has 0 atom stereocenters. The zero-order valence-electron chi connectivity index (χ0n) is 9.87. The predicted octanol–water partition coefficient (Wildman–Crippen LogP) is 0.825. The Morgan fingerprint density at radius 2 is 1.89 bits per heavy atom. The number of carboxylic acid groups (broad SMARTS) is 1. The molecule has 94 valence electrons. The van der Waals surface area contributed by atoms with Crippen molar-refractivity contribution < 1.29 is 15.0 Å². The van der Waals surface area contributed by atoms with E-state index in [0.717, 1.165) is 11.1 Å². The number of benzene rings is 1. The third-order valence-electron chi connectivity index (χ3n) is 2.72. The number of carboxylic acids is 1. The molecule has 0 radical (unpaired) electrons. The maximum atomic E-state index is 10.8.